The van der Waals surface area contributed by atoms with Gasteiger partial charge in [-0.25, -0.2) is 4.79 Å². The molecule has 1 N–H and O–H groups in total. The van der Waals surface area contributed by atoms with Crippen LogP contribution in [0.3, 0.4) is 0 Å². The maximum Gasteiger partial charge on any atom is 0.389 e. The van der Waals surface area contributed by atoms with Crippen LogP contribution in [0.4, 0.5) is 4.79 Å². The maximum absolute atomic E-state index is 12.9. The van der Waals surface area contributed by atoms with E-state index in [2.05, 4.69) is 26.1 Å². The van der Waals surface area contributed by atoms with E-state index in [4.69, 9.17) is 49.0 Å². The minimum atomic E-state index is -2.08. The molecule has 3 rings (SSSR count). The van der Waals surface area contributed by atoms with Gasteiger partial charge in [-0.2, -0.15) is 0 Å². The van der Waals surface area contributed by atoms with E-state index in [9.17, 15) is 4.79 Å². The quantitative estimate of drug-likeness (QED) is 0.634. The van der Waals surface area contributed by atoms with E-state index in [0.29, 0.717) is 24.6 Å². The summed E-state index contributed by atoms with van der Waals surface area (Å²) in [5.41, 5.74) is 0.921. The van der Waals surface area contributed by atoms with Gasteiger partial charge in [0.2, 0.25) is 0 Å². The summed E-state index contributed by atoms with van der Waals surface area (Å²) in [6.07, 6.45) is -0.203. The number of amides is 2. The van der Waals surface area contributed by atoms with E-state index in [1.54, 1.807) is 11.0 Å². The predicted octanol–water partition coefficient (Wildman–Crippen LogP) is 4.60. The fraction of sp³-hybridized carbons (Fsp3) is 0.632. The van der Waals surface area contributed by atoms with Crippen LogP contribution >= 0.6 is 34.8 Å². The van der Waals surface area contributed by atoms with Gasteiger partial charge in [0.05, 0.1) is 12.2 Å². The van der Waals surface area contributed by atoms with E-state index >= 15 is 0 Å². The number of urea groups is 1. The van der Waals surface area contributed by atoms with Crippen LogP contribution in [-0.4, -0.2) is 45.9 Å². The summed E-state index contributed by atoms with van der Waals surface area (Å²) in [5.74, 6) is -1.18. The third kappa shape index (κ3) is 4.25. The standard InChI is InChI=1S/C19H25Cl3N2O4/c1-11-9-24(10-12(2)26-11)16(25)23-19(18(20,21)22)27-14-7-6-13(17(3,4)5)8-15(14)28-19/h6-8,11-12H,9-10H2,1-5H3,(H,23,25)/t11-,12-,19+/m1/s1. The molecule has 1 fully saturated rings. The second kappa shape index (κ2) is 7.31. The number of rotatable bonds is 1. The molecule has 3 atom stereocenters. The largest absolute Gasteiger partial charge is 0.428 e. The highest BCUT2D eigenvalue weighted by Crippen LogP contribution is 2.49. The average Bonchev–Trinajstić information content (AvgIpc) is 2.91. The van der Waals surface area contributed by atoms with Gasteiger partial charge in [0.25, 0.3) is 3.79 Å². The Labute approximate surface area is 180 Å². The van der Waals surface area contributed by atoms with Gasteiger partial charge in [-0.3, -0.25) is 5.32 Å². The molecule has 0 bridgehead atoms. The van der Waals surface area contributed by atoms with Gasteiger partial charge >= 0.3 is 11.9 Å². The Hall–Kier alpha value is -1.08. The van der Waals surface area contributed by atoms with Gasteiger partial charge in [-0.05, 0) is 37.0 Å². The highest BCUT2D eigenvalue weighted by atomic mass is 35.6. The number of carbonyl (C=O) groups is 1. The summed E-state index contributed by atoms with van der Waals surface area (Å²) in [4.78, 5) is 14.5. The second-order valence-electron chi connectivity index (χ2n) is 8.32. The molecule has 0 aliphatic carbocycles. The maximum atomic E-state index is 12.9. The molecule has 156 valence electrons. The third-order valence-electron chi connectivity index (χ3n) is 4.67. The monoisotopic (exact) mass is 450 g/mol. The number of nitrogens with zero attached hydrogens (tertiary/aromatic N) is 1. The van der Waals surface area contributed by atoms with Gasteiger partial charge in [0, 0.05) is 13.1 Å². The topological polar surface area (TPSA) is 60.0 Å². The van der Waals surface area contributed by atoms with E-state index in [1.807, 2.05) is 26.0 Å². The summed E-state index contributed by atoms with van der Waals surface area (Å²) in [6, 6.07) is 5.04. The van der Waals surface area contributed by atoms with Crippen molar-refractivity contribution < 1.29 is 19.0 Å². The van der Waals surface area contributed by atoms with Crippen molar-refractivity contribution in [1.29, 1.82) is 0 Å². The Balaban J connectivity index is 1.86. The number of alkyl halides is 3. The third-order valence-corrected chi connectivity index (χ3v) is 5.42. The van der Waals surface area contributed by atoms with Crippen LogP contribution in [0.15, 0.2) is 18.2 Å². The molecule has 28 heavy (non-hydrogen) atoms. The molecule has 1 saturated heterocycles. The first kappa shape index (κ1) is 21.6. The number of fused-ring (bicyclic) bond motifs is 1. The smallest absolute Gasteiger partial charge is 0.389 e. The number of hydrogen-bond acceptors (Lipinski definition) is 4. The van der Waals surface area contributed by atoms with E-state index in [1.165, 1.54) is 0 Å². The number of nitrogens with one attached hydrogen (secondary N) is 1. The summed E-state index contributed by atoms with van der Waals surface area (Å²) >= 11 is 18.5. The minimum Gasteiger partial charge on any atom is -0.428 e. The molecule has 0 unspecified atom stereocenters. The highest BCUT2D eigenvalue weighted by Gasteiger charge is 2.60. The summed E-state index contributed by atoms with van der Waals surface area (Å²) < 4.78 is 15.3. The summed E-state index contributed by atoms with van der Waals surface area (Å²) in [7, 11) is 0. The van der Waals surface area contributed by atoms with Crippen molar-refractivity contribution in [3.63, 3.8) is 0 Å². The zero-order chi connectivity index (χ0) is 20.9. The van der Waals surface area contributed by atoms with Crippen molar-refractivity contribution >= 4 is 40.8 Å². The number of halogens is 3. The molecule has 0 spiro atoms. The fourth-order valence-electron chi connectivity index (χ4n) is 3.27. The van der Waals surface area contributed by atoms with E-state index in [-0.39, 0.29) is 17.6 Å². The Bertz CT molecular complexity index is 753. The first-order valence-corrected chi connectivity index (χ1v) is 10.3. The predicted molar refractivity (Wildman–Crippen MR) is 110 cm³/mol. The molecule has 9 heteroatoms. The second-order valence-corrected chi connectivity index (χ2v) is 10.6. The van der Waals surface area contributed by atoms with Crippen LogP contribution in [-0.2, 0) is 10.2 Å². The van der Waals surface area contributed by atoms with Crippen molar-refractivity contribution in [3.8, 4) is 11.5 Å². The lowest BCUT2D eigenvalue weighted by atomic mass is 9.87. The van der Waals surface area contributed by atoms with Crippen molar-refractivity contribution in [1.82, 2.24) is 10.2 Å². The average molecular weight is 452 g/mol. The number of benzene rings is 1. The van der Waals surface area contributed by atoms with Crippen LogP contribution in [0.25, 0.3) is 0 Å². The molecule has 2 aliphatic heterocycles. The molecule has 2 aliphatic rings. The number of carbonyl (C=O) groups excluding carboxylic acids is 1. The van der Waals surface area contributed by atoms with Gasteiger partial charge < -0.3 is 19.1 Å². The van der Waals surface area contributed by atoms with Crippen LogP contribution in [0, 0.1) is 0 Å². The molecule has 2 amide bonds. The van der Waals surface area contributed by atoms with Crippen molar-refractivity contribution in [3.05, 3.63) is 23.8 Å². The number of hydrogen-bond donors (Lipinski definition) is 1. The number of ether oxygens (including phenoxy) is 3. The first-order valence-electron chi connectivity index (χ1n) is 9.12. The van der Waals surface area contributed by atoms with Gasteiger partial charge in [0.15, 0.2) is 11.5 Å². The molecule has 0 radical (unpaired) electrons. The fourth-order valence-corrected chi connectivity index (χ4v) is 3.64. The van der Waals surface area contributed by atoms with E-state index in [0.717, 1.165) is 5.56 Å². The van der Waals surface area contributed by atoms with Crippen LogP contribution in [0.2, 0.25) is 0 Å². The highest BCUT2D eigenvalue weighted by molar-refractivity contribution is 6.68. The lowest BCUT2D eigenvalue weighted by Crippen LogP contribution is -2.66. The Morgan fingerprint density at radius 1 is 1.11 bits per heavy atom. The van der Waals surface area contributed by atoms with Crippen molar-refractivity contribution in [2.24, 2.45) is 0 Å². The first-order chi connectivity index (χ1) is 12.8. The summed E-state index contributed by atoms with van der Waals surface area (Å²) in [5, 5.41) is 2.64. The van der Waals surface area contributed by atoms with Gasteiger partial charge in [-0.15, -0.1) is 0 Å². The van der Waals surface area contributed by atoms with Crippen LogP contribution in [0.5, 0.6) is 11.5 Å². The molecule has 0 aromatic heterocycles. The van der Waals surface area contributed by atoms with E-state index < -0.39 is 15.7 Å². The number of morpholine rings is 1. The molecule has 1 aromatic rings. The van der Waals surface area contributed by atoms with Crippen molar-refractivity contribution in [2.45, 2.75) is 61.9 Å². The lowest BCUT2D eigenvalue weighted by Gasteiger charge is -2.39. The Kier molecular flexibility index (Phi) is 5.65. The molecule has 0 saturated carbocycles. The minimum absolute atomic E-state index is 0.102. The molecule has 2 heterocycles. The molecular weight excluding hydrogens is 427 g/mol. The zero-order valence-corrected chi connectivity index (χ0v) is 18.8. The normalized spacial score (nSPS) is 27.6. The van der Waals surface area contributed by atoms with Crippen LogP contribution < -0.4 is 14.8 Å². The molecular formula is C19H25Cl3N2O4. The van der Waals surface area contributed by atoms with Crippen LogP contribution in [0.1, 0.15) is 40.2 Å². The zero-order valence-electron chi connectivity index (χ0n) is 16.5. The Morgan fingerprint density at radius 3 is 2.21 bits per heavy atom. The molecule has 6 nitrogen and oxygen atoms in total. The van der Waals surface area contributed by atoms with Crippen molar-refractivity contribution in [2.75, 3.05) is 13.1 Å². The SMILES string of the molecule is C[C@@H]1CN(C(=O)N[C@@]2(C(Cl)(Cl)Cl)Oc3ccc(C(C)(C)C)cc3O2)C[C@@H](C)O1. The lowest BCUT2D eigenvalue weighted by molar-refractivity contribution is -0.102. The van der Waals surface area contributed by atoms with Gasteiger partial charge in [0.1, 0.15) is 0 Å². The molecule has 1 aromatic carbocycles. The van der Waals surface area contributed by atoms with Gasteiger partial charge in [-0.1, -0.05) is 61.6 Å². The summed E-state index contributed by atoms with van der Waals surface area (Å²) in [6.45, 7) is 10.8. The Morgan fingerprint density at radius 2 is 1.68 bits per heavy atom.